The molecular weight excluding hydrogens is 358 g/mol. The molecule has 5 heteroatoms. The maximum Gasteiger partial charge on any atom is 0.308 e. The van der Waals surface area contributed by atoms with Crippen molar-refractivity contribution in [1.29, 1.82) is 0 Å². The van der Waals surface area contributed by atoms with Crippen LogP contribution in [0.1, 0.15) is 38.2 Å². The normalized spacial score (nSPS) is 26.4. The zero-order chi connectivity index (χ0) is 16.6. The second kappa shape index (κ2) is 6.27. The molecule has 1 aromatic carbocycles. The highest BCUT2D eigenvalue weighted by Crippen LogP contribution is 2.44. The molecule has 1 heterocycles. The smallest absolute Gasteiger partial charge is 0.308 e. The number of likely N-dealkylation sites (tertiary alicyclic amines) is 1. The van der Waals surface area contributed by atoms with E-state index in [4.69, 9.17) is 0 Å². The van der Waals surface area contributed by atoms with Crippen molar-refractivity contribution in [3.63, 3.8) is 0 Å². The Hall–Kier alpha value is -1.36. The van der Waals surface area contributed by atoms with Gasteiger partial charge in [0, 0.05) is 17.6 Å². The van der Waals surface area contributed by atoms with Crippen LogP contribution < -0.4 is 0 Å². The van der Waals surface area contributed by atoms with Gasteiger partial charge in [-0.2, -0.15) is 0 Å². The summed E-state index contributed by atoms with van der Waals surface area (Å²) in [5.41, 5.74) is 0.581. The minimum absolute atomic E-state index is 0.0115. The second-order valence-corrected chi connectivity index (χ2v) is 7.85. The van der Waals surface area contributed by atoms with E-state index in [1.807, 2.05) is 31.2 Å². The molecule has 0 bridgehead atoms. The average Bonchev–Trinajstić information content (AvgIpc) is 3.14. The van der Waals surface area contributed by atoms with Crippen molar-refractivity contribution in [2.75, 3.05) is 13.1 Å². The Morgan fingerprint density at radius 2 is 1.96 bits per heavy atom. The Labute approximate surface area is 145 Å². The second-order valence-electron chi connectivity index (χ2n) is 6.93. The summed E-state index contributed by atoms with van der Waals surface area (Å²) in [5, 5.41) is 9.32. The Bertz CT molecular complexity index is 624. The number of rotatable bonds is 3. The Balaban J connectivity index is 1.90. The number of nitrogens with zero attached hydrogens (tertiary/aromatic N) is 1. The number of amides is 1. The Morgan fingerprint density at radius 1 is 1.26 bits per heavy atom. The highest BCUT2D eigenvalue weighted by Gasteiger charge is 2.48. The topological polar surface area (TPSA) is 57.6 Å². The zero-order valence-corrected chi connectivity index (χ0v) is 14.9. The van der Waals surface area contributed by atoms with Gasteiger partial charge in [-0.05, 0) is 36.5 Å². The number of carbonyl (C=O) groups is 2. The van der Waals surface area contributed by atoms with Crippen molar-refractivity contribution in [3.8, 4) is 0 Å². The molecule has 0 unspecified atom stereocenters. The molecule has 3 rings (SSSR count). The number of halogens is 1. The van der Waals surface area contributed by atoms with Crippen LogP contribution in [0.5, 0.6) is 0 Å². The van der Waals surface area contributed by atoms with Crippen molar-refractivity contribution in [2.45, 2.75) is 38.0 Å². The molecular formula is C18H22BrNO3. The van der Waals surface area contributed by atoms with Crippen molar-refractivity contribution < 1.29 is 14.7 Å². The van der Waals surface area contributed by atoms with Gasteiger partial charge in [-0.3, -0.25) is 9.59 Å². The molecule has 1 aliphatic carbocycles. The molecule has 0 radical (unpaired) electrons. The summed E-state index contributed by atoms with van der Waals surface area (Å²) >= 11 is 3.50. The highest BCUT2D eigenvalue weighted by atomic mass is 79.9. The monoisotopic (exact) mass is 379 g/mol. The largest absolute Gasteiger partial charge is 0.481 e. The number of hydrogen-bond acceptors (Lipinski definition) is 2. The lowest BCUT2D eigenvalue weighted by atomic mass is 9.77. The van der Waals surface area contributed by atoms with Crippen molar-refractivity contribution in [1.82, 2.24) is 4.90 Å². The Kier molecular flexibility index (Phi) is 4.50. The van der Waals surface area contributed by atoms with E-state index in [-0.39, 0.29) is 11.8 Å². The molecule has 1 aliphatic heterocycles. The van der Waals surface area contributed by atoms with Gasteiger partial charge in [0.1, 0.15) is 0 Å². The number of carbonyl (C=O) groups excluding carboxylic acids is 1. The van der Waals surface area contributed by atoms with Crippen LogP contribution in [0.15, 0.2) is 28.7 Å². The van der Waals surface area contributed by atoms with Crippen molar-refractivity contribution >= 4 is 27.8 Å². The van der Waals surface area contributed by atoms with Crippen LogP contribution in [0.2, 0.25) is 0 Å². The number of carboxylic acids is 1. The summed E-state index contributed by atoms with van der Waals surface area (Å²) in [6.45, 7) is 2.81. The summed E-state index contributed by atoms with van der Waals surface area (Å²) in [7, 11) is 0. The molecule has 1 saturated heterocycles. The van der Waals surface area contributed by atoms with Crippen LogP contribution in [0.25, 0.3) is 0 Å². The number of aliphatic carboxylic acids is 1. The van der Waals surface area contributed by atoms with E-state index < -0.39 is 17.3 Å². The van der Waals surface area contributed by atoms with Crippen LogP contribution in [-0.2, 0) is 15.0 Å². The highest BCUT2D eigenvalue weighted by molar-refractivity contribution is 9.10. The summed E-state index contributed by atoms with van der Waals surface area (Å²) in [5.74, 6) is -1.11. The third-order valence-corrected chi connectivity index (χ3v) is 5.95. The number of hydrogen-bond donors (Lipinski definition) is 1. The molecule has 2 fully saturated rings. The first-order valence-electron chi connectivity index (χ1n) is 8.22. The first-order chi connectivity index (χ1) is 10.9. The maximum atomic E-state index is 13.3. The third kappa shape index (κ3) is 2.91. The lowest BCUT2D eigenvalue weighted by Gasteiger charge is -2.33. The predicted octanol–water partition coefficient (Wildman–Crippen LogP) is 3.44. The summed E-state index contributed by atoms with van der Waals surface area (Å²) in [6.07, 6.45) is 3.80. The fraction of sp³-hybridized carbons (Fsp3) is 0.556. The lowest BCUT2D eigenvalue weighted by Crippen LogP contribution is -2.44. The molecule has 2 atom stereocenters. The molecule has 4 nitrogen and oxygen atoms in total. The fourth-order valence-electron chi connectivity index (χ4n) is 4.15. The third-order valence-electron chi connectivity index (χ3n) is 5.46. The molecule has 2 aliphatic rings. The van der Waals surface area contributed by atoms with Gasteiger partial charge in [-0.25, -0.2) is 0 Å². The Morgan fingerprint density at radius 3 is 2.52 bits per heavy atom. The van der Waals surface area contributed by atoms with Gasteiger partial charge >= 0.3 is 5.97 Å². The average molecular weight is 380 g/mol. The molecule has 23 heavy (non-hydrogen) atoms. The standard InChI is InChI=1S/C18H22BrNO3/c1-12-10-20(11-15(12)16(21)22)17(23)18(7-2-3-8-18)13-5-4-6-14(19)9-13/h4-6,9,12,15H,2-3,7-8,10-11H2,1H3,(H,21,22)/t12-,15-/m1/s1. The van der Waals surface area contributed by atoms with E-state index in [9.17, 15) is 14.7 Å². The van der Waals surface area contributed by atoms with Crippen LogP contribution >= 0.6 is 15.9 Å². The molecule has 1 aromatic rings. The number of carboxylic acid groups (broad SMARTS) is 1. The predicted molar refractivity (Wildman–Crippen MR) is 91.2 cm³/mol. The molecule has 1 amide bonds. The molecule has 124 valence electrons. The molecule has 0 spiro atoms. The van der Waals surface area contributed by atoms with Gasteiger partial charge in [0.25, 0.3) is 0 Å². The van der Waals surface area contributed by atoms with Gasteiger partial charge in [0.15, 0.2) is 0 Å². The van der Waals surface area contributed by atoms with Gasteiger partial charge in [-0.1, -0.05) is 47.8 Å². The van der Waals surface area contributed by atoms with Gasteiger partial charge < -0.3 is 10.0 Å². The molecule has 0 aromatic heterocycles. The first kappa shape index (κ1) is 16.5. The zero-order valence-electron chi connectivity index (χ0n) is 13.3. The number of benzene rings is 1. The quantitative estimate of drug-likeness (QED) is 0.874. The van der Waals surface area contributed by atoms with Crippen molar-refractivity contribution in [3.05, 3.63) is 34.3 Å². The van der Waals surface area contributed by atoms with Gasteiger partial charge in [0.05, 0.1) is 11.3 Å². The minimum atomic E-state index is -0.796. The van der Waals surface area contributed by atoms with Crippen LogP contribution in [0, 0.1) is 11.8 Å². The first-order valence-corrected chi connectivity index (χ1v) is 9.01. The minimum Gasteiger partial charge on any atom is -0.481 e. The van der Waals surface area contributed by atoms with E-state index in [1.54, 1.807) is 4.90 Å². The fourth-order valence-corrected chi connectivity index (χ4v) is 4.55. The summed E-state index contributed by atoms with van der Waals surface area (Å²) in [4.78, 5) is 26.5. The van der Waals surface area contributed by atoms with E-state index in [0.29, 0.717) is 13.1 Å². The lowest BCUT2D eigenvalue weighted by molar-refractivity contribution is -0.142. The van der Waals surface area contributed by atoms with E-state index in [1.165, 1.54) is 0 Å². The van der Waals surface area contributed by atoms with Crippen LogP contribution in [0.3, 0.4) is 0 Å². The summed E-state index contributed by atoms with van der Waals surface area (Å²) in [6, 6.07) is 8.01. The van der Waals surface area contributed by atoms with Crippen LogP contribution in [-0.4, -0.2) is 35.0 Å². The van der Waals surface area contributed by atoms with E-state index >= 15 is 0 Å². The molecule has 1 saturated carbocycles. The summed E-state index contributed by atoms with van der Waals surface area (Å²) < 4.78 is 0.979. The van der Waals surface area contributed by atoms with E-state index in [0.717, 1.165) is 35.7 Å². The maximum absolute atomic E-state index is 13.3. The van der Waals surface area contributed by atoms with Crippen molar-refractivity contribution in [2.24, 2.45) is 11.8 Å². The molecule has 1 N–H and O–H groups in total. The van der Waals surface area contributed by atoms with Gasteiger partial charge in [-0.15, -0.1) is 0 Å². The SMILES string of the molecule is C[C@@H]1CN(C(=O)C2(c3cccc(Br)c3)CCCC2)C[C@H]1C(=O)O. The van der Waals surface area contributed by atoms with Gasteiger partial charge in [0.2, 0.25) is 5.91 Å². The van der Waals surface area contributed by atoms with E-state index in [2.05, 4.69) is 15.9 Å². The van der Waals surface area contributed by atoms with Crippen LogP contribution in [0.4, 0.5) is 0 Å².